The summed E-state index contributed by atoms with van der Waals surface area (Å²) in [4.78, 5) is 14.7. The third-order valence-electron chi connectivity index (χ3n) is 13.0. The summed E-state index contributed by atoms with van der Waals surface area (Å²) >= 11 is 0. The predicted molar refractivity (Wildman–Crippen MR) is 254 cm³/mol. The molecular weight excluding hydrogens is 739 g/mol. The molecule has 3 heteroatoms. The maximum absolute atomic E-state index is 5.22. The molecule has 11 aromatic rings. The Morgan fingerprint density at radius 1 is 0.361 bits per heavy atom. The minimum absolute atomic E-state index is 0.0496. The Labute approximate surface area is 355 Å². The number of fused-ring (bicyclic) bond motifs is 3. The van der Waals surface area contributed by atoms with Crippen LogP contribution in [-0.2, 0) is 5.41 Å². The predicted octanol–water partition coefficient (Wildman–Crippen LogP) is 15.1. The lowest BCUT2D eigenvalue weighted by Crippen LogP contribution is -2.14. The molecule has 9 aromatic carbocycles. The lowest BCUT2D eigenvalue weighted by molar-refractivity contribution is 0.660. The molecule has 61 heavy (non-hydrogen) atoms. The van der Waals surface area contributed by atoms with Crippen LogP contribution in [0, 0.1) is 0 Å². The van der Waals surface area contributed by atoms with E-state index in [0.29, 0.717) is 5.82 Å². The molecule has 0 spiro atoms. The number of nitrogens with zero attached hydrogens (tertiary/aromatic N) is 3. The molecule has 286 valence electrons. The fourth-order valence-electron chi connectivity index (χ4n) is 9.74. The van der Waals surface area contributed by atoms with Crippen LogP contribution in [0.2, 0.25) is 0 Å². The topological polar surface area (TPSA) is 38.7 Å². The van der Waals surface area contributed by atoms with Crippen molar-refractivity contribution in [1.82, 2.24) is 15.0 Å². The zero-order chi connectivity index (χ0) is 40.7. The average molecular weight is 778 g/mol. The maximum atomic E-state index is 5.22. The Hall–Kier alpha value is -7.75. The van der Waals surface area contributed by atoms with Crippen LogP contribution in [0.25, 0.3) is 111 Å². The number of benzene rings is 9. The zero-order valence-electron chi connectivity index (χ0n) is 33.9. The van der Waals surface area contributed by atoms with E-state index in [2.05, 4.69) is 201 Å². The highest BCUT2D eigenvalue weighted by Crippen LogP contribution is 2.49. The molecule has 1 aliphatic carbocycles. The fraction of sp³-hybridized carbons (Fsp3) is 0.0517. The highest BCUT2D eigenvalue weighted by atomic mass is 14.9. The number of hydrogen-bond acceptors (Lipinski definition) is 3. The molecule has 0 saturated carbocycles. The molecule has 0 bridgehead atoms. The van der Waals surface area contributed by atoms with Gasteiger partial charge in [-0.05, 0) is 106 Å². The summed E-state index contributed by atoms with van der Waals surface area (Å²) in [5.41, 5.74) is 17.2. The van der Waals surface area contributed by atoms with Gasteiger partial charge in [-0.3, -0.25) is 4.98 Å². The van der Waals surface area contributed by atoms with Crippen molar-refractivity contribution in [1.29, 1.82) is 0 Å². The molecule has 0 N–H and O–H groups in total. The van der Waals surface area contributed by atoms with Crippen LogP contribution in [0.1, 0.15) is 25.0 Å². The number of hydrogen-bond donors (Lipinski definition) is 0. The Morgan fingerprint density at radius 3 is 1.62 bits per heavy atom. The molecular formula is C58H39N3. The molecule has 0 aliphatic heterocycles. The van der Waals surface area contributed by atoms with Crippen molar-refractivity contribution in [3.63, 3.8) is 0 Å². The van der Waals surface area contributed by atoms with E-state index in [4.69, 9.17) is 9.97 Å². The van der Waals surface area contributed by atoms with Crippen molar-refractivity contribution in [2.24, 2.45) is 0 Å². The van der Waals surface area contributed by atoms with Gasteiger partial charge in [0.05, 0.1) is 11.4 Å². The summed E-state index contributed by atoms with van der Waals surface area (Å²) in [7, 11) is 0. The number of pyridine rings is 1. The Bertz CT molecular complexity index is 3440. The smallest absolute Gasteiger partial charge is 0.160 e. The second kappa shape index (κ2) is 13.7. The summed E-state index contributed by atoms with van der Waals surface area (Å²) < 4.78 is 0. The van der Waals surface area contributed by atoms with Gasteiger partial charge in [0.1, 0.15) is 0 Å². The molecule has 3 nitrogen and oxygen atoms in total. The van der Waals surface area contributed by atoms with Gasteiger partial charge in [-0.2, -0.15) is 0 Å². The monoisotopic (exact) mass is 777 g/mol. The van der Waals surface area contributed by atoms with Gasteiger partial charge < -0.3 is 0 Å². The van der Waals surface area contributed by atoms with E-state index in [1.165, 1.54) is 76.8 Å². The fourth-order valence-corrected chi connectivity index (χ4v) is 9.74. The summed E-state index contributed by atoms with van der Waals surface area (Å²) in [5, 5.41) is 7.75. The first-order valence-electron chi connectivity index (χ1n) is 21.0. The molecule has 2 aromatic heterocycles. The Morgan fingerprint density at radius 2 is 0.918 bits per heavy atom. The minimum atomic E-state index is -0.0496. The van der Waals surface area contributed by atoms with E-state index in [0.717, 1.165) is 39.2 Å². The highest BCUT2D eigenvalue weighted by molar-refractivity contribution is 6.25. The van der Waals surface area contributed by atoms with E-state index in [9.17, 15) is 0 Å². The Balaban J connectivity index is 0.925. The molecule has 0 unspecified atom stereocenters. The second-order valence-corrected chi connectivity index (χ2v) is 16.8. The summed E-state index contributed by atoms with van der Waals surface area (Å²) in [6, 6.07) is 68.2. The van der Waals surface area contributed by atoms with Gasteiger partial charge in [-0.15, -0.1) is 0 Å². The van der Waals surface area contributed by atoms with Crippen LogP contribution in [0.4, 0.5) is 0 Å². The van der Waals surface area contributed by atoms with Crippen molar-refractivity contribution < 1.29 is 0 Å². The van der Waals surface area contributed by atoms with Crippen LogP contribution in [0.15, 0.2) is 200 Å². The van der Waals surface area contributed by atoms with E-state index < -0.39 is 0 Å². The molecule has 2 heterocycles. The van der Waals surface area contributed by atoms with Crippen molar-refractivity contribution >= 4 is 32.3 Å². The van der Waals surface area contributed by atoms with E-state index in [1.807, 2.05) is 12.3 Å². The van der Waals surface area contributed by atoms with E-state index in [-0.39, 0.29) is 5.41 Å². The normalized spacial score (nSPS) is 12.9. The molecule has 0 saturated heterocycles. The molecule has 0 radical (unpaired) electrons. The highest BCUT2D eigenvalue weighted by Gasteiger charge is 2.35. The summed E-state index contributed by atoms with van der Waals surface area (Å²) in [6.07, 6.45) is 3.69. The van der Waals surface area contributed by atoms with Gasteiger partial charge in [-0.1, -0.05) is 184 Å². The van der Waals surface area contributed by atoms with Crippen molar-refractivity contribution in [3.05, 3.63) is 212 Å². The molecule has 1 aliphatic rings. The quantitative estimate of drug-likeness (QED) is 0.158. The molecule has 0 fully saturated rings. The first-order chi connectivity index (χ1) is 30.0. The number of aromatic nitrogens is 3. The first kappa shape index (κ1) is 35.2. The van der Waals surface area contributed by atoms with Gasteiger partial charge in [-0.25, -0.2) is 9.97 Å². The van der Waals surface area contributed by atoms with Gasteiger partial charge in [0, 0.05) is 34.5 Å². The number of rotatable bonds is 6. The van der Waals surface area contributed by atoms with E-state index >= 15 is 0 Å². The largest absolute Gasteiger partial charge is 0.264 e. The summed E-state index contributed by atoms with van der Waals surface area (Å²) in [6.45, 7) is 4.67. The molecule has 0 amide bonds. The summed E-state index contributed by atoms with van der Waals surface area (Å²) in [5.74, 6) is 0.686. The molecule has 12 rings (SSSR count). The van der Waals surface area contributed by atoms with Crippen LogP contribution in [0.5, 0.6) is 0 Å². The third-order valence-corrected chi connectivity index (χ3v) is 13.0. The molecule has 0 atom stereocenters. The van der Waals surface area contributed by atoms with Gasteiger partial charge in [0.15, 0.2) is 5.82 Å². The maximum Gasteiger partial charge on any atom is 0.160 e. The van der Waals surface area contributed by atoms with Gasteiger partial charge in [0.25, 0.3) is 0 Å². The van der Waals surface area contributed by atoms with Gasteiger partial charge in [0.2, 0.25) is 0 Å². The first-order valence-corrected chi connectivity index (χ1v) is 21.0. The third kappa shape index (κ3) is 5.77. The van der Waals surface area contributed by atoms with Crippen LogP contribution in [0.3, 0.4) is 0 Å². The van der Waals surface area contributed by atoms with Crippen molar-refractivity contribution in [2.45, 2.75) is 19.3 Å². The van der Waals surface area contributed by atoms with Crippen LogP contribution < -0.4 is 0 Å². The average Bonchev–Trinajstić information content (AvgIpc) is 3.56. The van der Waals surface area contributed by atoms with Crippen molar-refractivity contribution in [3.8, 4) is 78.4 Å². The standard InChI is InChI=1S/C58H39N3/c1-58(2)51-11-4-3-10-48(51)49-30-28-45(33-52(49)58)36-12-18-39(19-13-36)53-34-54(61-57(60-53)44-24-14-37(15-25-44)46-9-6-32-59-35-46)40-20-16-38(17-21-40)47-29-26-43-23-22-41-7-5-8-42-27-31-50(47)56(43)55(41)42/h3-35H,1-2H3. The van der Waals surface area contributed by atoms with E-state index in [1.54, 1.807) is 6.20 Å². The van der Waals surface area contributed by atoms with Gasteiger partial charge >= 0.3 is 0 Å². The Kier molecular flexibility index (Phi) is 7.88. The minimum Gasteiger partial charge on any atom is -0.264 e. The lowest BCUT2D eigenvalue weighted by atomic mass is 9.81. The van der Waals surface area contributed by atoms with Crippen LogP contribution >= 0.6 is 0 Å². The van der Waals surface area contributed by atoms with Crippen LogP contribution in [-0.4, -0.2) is 15.0 Å². The van der Waals surface area contributed by atoms with Crippen molar-refractivity contribution in [2.75, 3.05) is 0 Å². The zero-order valence-corrected chi connectivity index (χ0v) is 33.9. The SMILES string of the molecule is CC1(C)c2ccccc2-c2ccc(-c3ccc(-c4cc(-c5ccc(-c6ccc7ccc8cccc9ccc6c7c89)cc5)nc(-c5ccc(-c6cccnc6)cc5)n4)cc3)cc21. The second-order valence-electron chi connectivity index (χ2n) is 16.8. The lowest BCUT2D eigenvalue weighted by Gasteiger charge is -2.22.